The molecular weight excluding hydrogens is 240 g/mol. The summed E-state index contributed by atoms with van der Waals surface area (Å²) in [5.41, 5.74) is 8.07. The highest BCUT2D eigenvalue weighted by molar-refractivity contribution is 5.98. The highest BCUT2D eigenvalue weighted by atomic mass is 16.5. The van der Waals surface area contributed by atoms with E-state index in [4.69, 9.17) is 10.5 Å². The largest absolute Gasteiger partial charge is 0.465 e. The maximum Gasteiger partial charge on any atom is 0.340 e. The number of nitrogens with zero attached hydrogens (tertiary/aromatic N) is 1. The maximum atomic E-state index is 11.6. The fourth-order valence-electron chi connectivity index (χ4n) is 2.81. The van der Waals surface area contributed by atoms with Gasteiger partial charge in [0, 0.05) is 13.1 Å². The first-order chi connectivity index (χ1) is 9.17. The Hall–Kier alpha value is -1.71. The Morgan fingerprint density at radius 2 is 2.32 bits per heavy atom. The number of nitrogen functional groups attached to an aromatic ring is 1. The van der Waals surface area contributed by atoms with Crippen LogP contribution in [0, 0.1) is 5.92 Å². The number of anilines is 2. The molecule has 1 heterocycles. The van der Waals surface area contributed by atoms with E-state index in [-0.39, 0.29) is 5.97 Å². The zero-order chi connectivity index (χ0) is 13.8. The third-order valence-corrected chi connectivity index (χ3v) is 3.81. The van der Waals surface area contributed by atoms with Gasteiger partial charge in [-0.25, -0.2) is 4.79 Å². The number of hydrogen-bond acceptors (Lipinski definition) is 4. The van der Waals surface area contributed by atoms with E-state index in [2.05, 4.69) is 11.8 Å². The van der Waals surface area contributed by atoms with Crippen molar-refractivity contribution >= 4 is 17.3 Å². The van der Waals surface area contributed by atoms with Crippen molar-refractivity contribution in [1.82, 2.24) is 0 Å². The van der Waals surface area contributed by atoms with Crippen molar-refractivity contribution in [2.75, 3.05) is 30.8 Å². The smallest absolute Gasteiger partial charge is 0.340 e. The van der Waals surface area contributed by atoms with E-state index < -0.39 is 0 Å². The average molecular weight is 262 g/mol. The molecule has 19 heavy (non-hydrogen) atoms. The summed E-state index contributed by atoms with van der Waals surface area (Å²) in [4.78, 5) is 13.9. The quantitative estimate of drug-likeness (QED) is 0.669. The van der Waals surface area contributed by atoms with Crippen LogP contribution in [-0.4, -0.2) is 26.2 Å². The molecule has 1 unspecified atom stereocenters. The van der Waals surface area contributed by atoms with Gasteiger partial charge in [0.05, 0.1) is 24.0 Å². The molecule has 1 atom stereocenters. The Labute approximate surface area is 114 Å². The Morgan fingerprint density at radius 1 is 1.53 bits per heavy atom. The molecule has 4 nitrogen and oxygen atoms in total. The lowest BCUT2D eigenvalue weighted by atomic mass is 10.0. The third kappa shape index (κ3) is 2.83. The van der Waals surface area contributed by atoms with Crippen molar-refractivity contribution in [3.8, 4) is 0 Å². The number of carbonyl (C=O) groups excluding carboxylic acids is 1. The second kappa shape index (κ2) is 5.95. The van der Waals surface area contributed by atoms with Crippen molar-refractivity contribution in [2.45, 2.75) is 26.2 Å². The van der Waals surface area contributed by atoms with Crippen molar-refractivity contribution in [3.63, 3.8) is 0 Å². The number of benzene rings is 1. The molecule has 0 amide bonds. The van der Waals surface area contributed by atoms with Gasteiger partial charge in [-0.1, -0.05) is 19.4 Å². The molecule has 1 aliphatic heterocycles. The Kier molecular flexibility index (Phi) is 4.30. The first-order valence-electron chi connectivity index (χ1n) is 6.89. The Bertz CT molecular complexity index is 459. The number of carbonyl (C=O) groups is 1. The first kappa shape index (κ1) is 13.7. The Balaban J connectivity index is 2.19. The number of hydrogen-bond donors (Lipinski definition) is 1. The molecule has 1 aromatic rings. The van der Waals surface area contributed by atoms with E-state index in [0.29, 0.717) is 11.3 Å². The lowest BCUT2D eigenvalue weighted by molar-refractivity contribution is 0.0602. The summed E-state index contributed by atoms with van der Waals surface area (Å²) in [6.07, 6.45) is 3.68. The highest BCUT2D eigenvalue weighted by Gasteiger charge is 2.24. The van der Waals surface area contributed by atoms with Gasteiger partial charge in [0.1, 0.15) is 0 Å². The molecule has 0 spiro atoms. The van der Waals surface area contributed by atoms with Crippen molar-refractivity contribution < 1.29 is 9.53 Å². The fraction of sp³-hybridized carbons (Fsp3) is 0.533. The minimum absolute atomic E-state index is 0.372. The average Bonchev–Trinajstić information content (AvgIpc) is 2.87. The van der Waals surface area contributed by atoms with Crippen LogP contribution in [0.25, 0.3) is 0 Å². The molecule has 0 radical (unpaired) electrons. The summed E-state index contributed by atoms with van der Waals surface area (Å²) in [5.74, 6) is 0.370. The van der Waals surface area contributed by atoms with Gasteiger partial charge >= 0.3 is 5.97 Å². The molecule has 0 aliphatic carbocycles. The van der Waals surface area contributed by atoms with Crippen LogP contribution in [0.15, 0.2) is 18.2 Å². The number of para-hydroxylation sites is 1. The van der Waals surface area contributed by atoms with Gasteiger partial charge in [0.2, 0.25) is 0 Å². The third-order valence-electron chi connectivity index (χ3n) is 3.81. The second-order valence-corrected chi connectivity index (χ2v) is 5.12. The molecule has 4 heteroatoms. The Morgan fingerprint density at radius 3 is 3.00 bits per heavy atom. The lowest BCUT2D eigenvalue weighted by Crippen LogP contribution is -2.22. The molecule has 1 saturated heterocycles. The molecule has 1 fully saturated rings. The van der Waals surface area contributed by atoms with Gasteiger partial charge < -0.3 is 15.4 Å². The van der Waals surface area contributed by atoms with Crippen LogP contribution in [0.4, 0.5) is 11.4 Å². The van der Waals surface area contributed by atoms with E-state index in [1.165, 1.54) is 26.4 Å². The molecular formula is C15H22N2O2. The van der Waals surface area contributed by atoms with Crippen LogP contribution < -0.4 is 10.6 Å². The molecule has 2 N–H and O–H groups in total. The molecule has 1 aromatic carbocycles. The van der Waals surface area contributed by atoms with Gasteiger partial charge in [0.25, 0.3) is 0 Å². The number of esters is 1. The van der Waals surface area contributed by atoms with E-state index in [0.717, 1.165) is 24.7 Å². The van der Waals surface area contributed by atoms with E-state index in [9.17, 15) is 4.79 Å². The minimum atomic E-state index is -0.372. The van der Waals surface area contributed by atoms with Crippen molar-refractivity contribution in [1.29, 1.82) is 0 Å². The highest BCUT2D eigenvalue weighted by Crippen LogP contribution is 2.32. The van der Waals surface area contributed by atoms with E-state index >= 15 is 0 Å². The summed E-state index contributed by atoms with van der Waals surface area (Å²) < 4.78 is 4.76. The molecule has 0 bridgehead atoms. The summed E-state index contributed by atoms with van der Waals surface area (Å²) >= 11 is 0. The number of nitrogens with two attached hydrogens (primary N) is 1. The maximum absolute atomic E-state index is 11.6. The summed E-state index contributed by atoms with van der Waals surface area (Å²) in [5, 5.41) is 0. The van der Waals surface area contributed by atoms with E-state index in [1.54, 1.807) is 6.07 Å². The van der Waals surface area contributed by atoms with Crippen LogP contribution in [0.1, 0.15) is 36.5 Å². The summed E-state index contributed by atoms with van der Waals surface area (Å²) in [7, 11) is 1.38. The molecule has 0 aromatic heterocycles. The summed E-state index contributed by atoms with van der Waals surface area (Å²) in [6.45, 7) is 4.26. The van der Waals surface area contributed by atoms with E-state index in [1.807, 2.05) is 12.1 Å². The van der Waals surface area contributed by atoms with Gasteiger partial charge in [-0.05, 0) is 30.9 Å². The normalized spacial score (nSPS) is 18.6. The first-order valence-corrected chi connectivity index (χ1v) is 6.89. The molecule has 104 valence electrons. The zero-order valence-corrected chi connectivity index (χ0v) is 11.7. The fourth-order valence-corrected chi connectivity index (χ4v) is 2.81. The standard InChI is InChI=1S/C15H22N2O2/c1-3-5-11-8-9-17(10-11)13-7-4-6-12(14(13)16)15(18)19-2/h4,6-7,11H,3,5,8-10,16H2,1-2H3. The summed E-state index contributed by atoms with van der Waals surface area (Å²) in [6, 6.07) is 5.56. The number of rotatable bonds is 4. The van der Waals surface area contributed by atoms with Gasteiger partial charge in [-0.2, -0.15) is 0 Å². The predicted molar refractivity (Wildman–Crippen MR) is 77.4 cm³/mol. The minimum Gasteiger partial charge on any atom is -0.465 e. The van der Waals surface area contributed by atoms with Crippen molar-refractivity contribution in [2.24, 2.45) is 5.92 Å². The van der Waals surface area contributed by atoms with Gasteiger partial charge in [-0.15, -0.1) is 0 Å². The van der Waals surface area contributed by atoms with Crippen LogP contribution in [0.2, 0.25) is 0 Å². The van der Waals surface area contributed by atoms with Crippen LogP contribution in [-0.2, 0) is 4.74 Å². The second-order valence-electron chi connectivity index (χ2n) is 5.12. The molecule has 1 aliphatic rings. The van der Waals surface area contributed by atoms with Gasteiger partial charge in [0.15, 0.2) is 0 Å². The topological polar surface area (TPSA) is 55.6 Å². The molecule has 0 saturated carbocycles. The predicted octanol–water partition coefficient (Wildman–Crippen LogP) is 2.68. The lowest BCUT2D eigenvalue weighted by Gasteiger charge is -2.21. The zero-order valence-electron chi connectivity index (χ0n) is 11.7. The number of ether oxygens (including phenoxy) is 1. The van der Waals surface area contributed by atoms with Gasteiger partial charge in [-0.3, -0.25) is 0 Å². The SMILES string of the molecule is CCCC1CCN(c2cccc(C(=O)OC)c2N)C1. The van der Waals surface area contributed by atoms with Crippen molar-refractivity contribution in [3.05, 3.63) is 23.8 Å². The van der Waals surface area contributed by atoms with Crippen LogP contribution in [0.5, 0.6) is 0 Å². The number of methoxy groups -OCH3 is 1. The molecule has 2 rings (SSSR count). The van der Waals surface area contributed by atoms with Crippen LogP contribution >= 0.6 is 0 Å². The van der Waals surface area contributed by atoms with Crippen LogP contribution in [0.3, 0.4) is 0 Å². The monoisotopic (exact) mass is 262 g/mol.